The van der Waals surface area contributed by atoms with Crippen molar-refractivity contribution in [1.29, 1.82) is 0 Å². The lowest BCUT2D eigenvalue weighted by Crippen LogP contribution is -2.32. The minimum Gasteiger partial charge on any atom is -0.381 e. The summed E-state index contributed by atoms with van der Waals surface area (Å²) >= 11 is 0. The zero-order chi connectivity index (χ0) is 15.9. The van der Waals surface area contributed by atoms with Crippen LogP contribution in [-0.4, -0.2) is 22.8 Å². The Bertz CT molecular complexity index is 706. The van der Waals surface area contributed by atoms with Crippen LogP contribution in [0.25, 0.3) is 11.9 Å². The molecule has 0 aromatic carbocycles. The molecule has 3 nitrogen and oxygen atoms in total. The van der Waals surface area contributed by atoms with Crippen molar-refractivity contribution in [2.45, 2.75) is 52.5 Å². The topological polar surface area (TPSA) is 27.1 Å². The lowest BCUT2D eigenvalue weighted by Gasteiger charge is -2.16. The zero-order valence-electron chi connectivity index (χ0n) is 13.9. The number of rotatable bonds is 3. The largest absolute Gasteiger partial charge is 0.381 e. The third kappa shape index (κ3) is 2.65. The molecule has 1 aromatic heterocycles. The van der Waals surface area contributed by atoms with Gasteiger partial charge in [0.05, 0.1) is 12.0 Å². The molecule has 1 aliphatic heterocycles. The highest BCUT2D eigenvalue weighted by molar-refractivity contribution is 5.53. The van der Waals surface area contributed by atoms with Gasteiger partial charge in [0.1, 0.15) is 11.2 Å². The van der Waals surface area contributed by atoms with Gasteiger partial charge < -0.3 is 9.30 Å². The van der Waals surface area contributed by atoms with Crippen LogP contribution in [0.3, 0.4) is 0 Å². The van der Waals surface area contributed by atoms with Gasteiger partial charge in [-0.25, -0.2) is 9.37 Å². The molecular formula is C18H25FN2O. The summed E-state index contributed by atoms with van der Waals surface area (Å²) in [4.78, 5) is 4.68. The Hall–Kier alpha value is -1.42. The van der Waals surface area contributed by atoms with E-state index in [1.165, 1.54) is 0 Å². The monoisotopic (exact) mass is 304 g/mol. The molecule has 0 bridgehead atoms. The molecule has 1 aliphatic carbocycles. The van der Waals surface area contributed by atoms with Gasteiger partial charge in [0.25, 0.3) is 0 Å². The Morgan fingerprint density at radius 3 is 2.68 bits per heavy atom. The summed E-state index contributed by atoms with van der Waals surface area (Å²) in [6.07, 6.45) is 5.58. The summed E-state index contributed by atoms with van der Waals surface area (Å²) in [5.74, 6) is 1.41. The third-order valence-electron chi connectivity index (χ3n) is 4.60. The van der Waals surface area contributed by atoms with Gasteiger partial charge in [0.2, 0.25) is 0 Å². The molecule has 1 saturated heterocycles. The van der Waals surface area contributed by atoms with Gasteiger partial charge in [-0.3, -0.25) is 0 Å². The Morgan fingerprint density at radius 2 is 2.09 bits per heavy atom. The van der Waals surface area contributed by atoms with Crippen molar-refractivity contribution in [2.75, 3.05) is 13.2 Å². The number of fused-ring (bicyclic) bond motifs is 1. The van der Waals surface area contributed by atoms with Gasteiger partial charge >= 0.3 is 0 Å². The molecule has 120 valence electrons. The SMILES string of the molecule is CC(C)C1=CC(F)=c2nc(C3CCOC3)n(C(C)C)c2=CC1. The molecule has 0 saturated carbocycles. The van der Waals surface area contributed by atoms with Crippen LogP contribution in [0.1, 0.15) is 58.3 Å². The summed E-state index contributed by atoms with van der Waals surface area (Å²) in [5.41, 5.74) is 1.12. The van der Waals surface area contributed by atoms with Crippen LogP contribution in [-0.2, 0) is 4.74 Å². The predicted molar refractivity (Wildman–Crippen MR) is 86.6 cm³/mol. The number of hydrogen-bond acceptors (Lipinski definition) is 2. The summed E-state index contributed by atoms with van der Waals surface area (Å²) in [7, 11) is 0. The minimum absolute atomic E-state index is 0.202. The maximum atomic E-state index is 14.7. The third-order valence-corrected chi connectivity index (χ3v) is 4.60. The van der Waals surface area contributed by atoms with Crippen LogP contribution in [0.15, 0.2) is 11.6 Å². The molecule has 0 N–H and O–H groups in total. The molecule has 3 rings (SSSR count). The smallest absolute Gasteiger partial charge is 0.150 e. The van der Waals surface area contributed by atoms with E-state index in [1.807, 2.05) is 0 Å². The maximum Gasteiger partial charge on any atom is 0.150 e. The highest BCUT2D eigenvalue weighted by Crippen LogP contribution is 2.25. The first-order valence-electron chi connectivity index (χ1n) is 8.25. The lowest BCUT2D eigenvalue weighted by molar-refractivity contribution is 0.192. The molecule has 1 atom stereocenters. The molecular weight excluding hydrogens is 279 g/mol. The molecule has 0 radical (unpaired) electrons. The fourth-order valence-electron chi connectivity index (χ4n) is 3.31. The van der Waals surface area contributed by atoms with Crippen LogP contribution in [0.2, 0.25) is 0 Å². The van der Waals surface area contributed by atoms with Gasteiger partial charge in [-0.15, -0.1) is 0 Å². The van der Waals surface area contributed by atoms with E-state index in [0.717, 1.165) is 36.2 Å². The van der Waals surface area contributed by atoms with Gasteiger partial charge in [-0.2, -0.15) is 0 Å². The molecule has 0 spiro atoms. The summed E-state index contributed by atoms with van der Waals surface area (Å²) < 4.78 is 22.4. The number of ether oxygens (including phenoxy) is 1. The number of imidazole rings is 1. The van der Waals surface area contributed by atoms with E-state index < -0.39 is 0 Å². The Labute approximate surface area is 131 Å². The van der Waals surface area contributed by atoms with Crippen molar-refractivity contribution in [1.82, 2.24) is 9.55 Å². The molecule has 0 amide bonds. The van der Waals surface area contributed by atoms with Crippen LogP contribution in [0.4, 0.5) is 4.39 Å². The average Bonchev–Trinajstić information content (AvgIpc) is 3.06. The van der Waals surface area contributed by atoms with Crippen LogP contribution < -0.4 is 10.7 Å². The molecule has 1 unspecified atom stereocenters. The molecule has 1 aromatic rings. The van der Waals surface area contributed by atoms with Crippen LogP contribution in [0.5, 0.6) is 0 Å². The second kappa shape index (κ2) is 5.99. The van der Waals surface area contributed by atoms with Crippen molar-refractivity contribution >= 4 is 11.9 Å². The van der Waals surface area contributed by atoms with Gasteiger partial charge in [-0.1, -0.05) is 25.5 Å². The standard InChI is InChI=1S/C18H25FN2O/c1-11(2)13-5-6-16-17(15(19)9-13)20-18(21(16)12(3)4)14-7-8-22-10-14/h6,9,11-12,14H,5,7-8,10H2,1-4H3. The van der Waals surface area contributed by atoms with E-state index in [9.17, 15) is 4.39 Å². The zero-order valence-corrected chi connectivity index (χ0v) is 13.9. The molecule has 2 heterocycles. The van der Waals surface area contributed by atoms with Crippen molar-refractivity contribution in [3.63, 3.8) is 0 Å². The van der Waals surface area contributed by atoms with Gasteiger partial charge in [0, 0.05) is 18.6 Å². The van der Waals surface area contributed by atoms with Crippen molar-refractivity contribution in [3.8, 4) is 0 Å². The van der Waals surface area contributed by atoms with E-state index in [4.69, 9.17) is 4.74 Å². The number of nitrogens with zero attached hydrogens (tertiary/aromatic N) is 2. The molecule has 2 aliphatic rings. The quantitative estimate of drug-likeness (QED) is 0.858. The van der Waals surface area contributed by atoms with E-state index in [2.05, 4.69) is 43.3 Å². The van der Waals surface area contributed by atoms with Gasteiger partial charge in [-0.05, 0) is 38.7 Å². The van der Waals surface area contributed by atoms with E-state index in [0.29, 0.717) is 17.9 Å². The minimum atomic E-state index is -0.202. The fourth-order valence-corrected chi connectivity index (χ4v) is 3.31. The molecule has 22 heavy (non-hydrogen) atoms. The van der Waals surface area contributed by atoms with E-state index >= 15 is 0 Å². The van der Waals surface area contributed by atoms with Crippen molar-refractivity contribution in [3.05, 3.63) is 28.2 Å². The van der Waals surface area contributed by atoms with E-state index in [1.54, 1.807) is 6.08 Å². The normalized spacial score (nSPS) is 21.9. The second-order valence-electron chi connectivity index (χ2n) is 6.86. The van der Waals surface area contributed by atoms with Crippen molar-refractivity contribution < 1.29 is 9.13 Å². The Kier molecular flexibility index (Phi) is 4.22. The predicted octanol–water partition coefficient (Wildman–Crippen LogP) is 2.81. The first-order valence-corrected chi connectivity index (χ1v) is 8.25. The average molecular weight is 304 g/mol. The van der Waals surface area contributed by atoms with Crippen LogP contribution in [0, 0.1) is 5.92 Å². The highest BCUT2D eigenvalue weighted by atomic mass is 19.1. The summed E-state index contributed by atoms with van der Waals surface area (Å²) in [6.45, 7) is 9.94. The van der Waals surface area contributed by atoms with Gasteiger partial charge in [0.15, 0.2) is 5.83 Å². The molecule has 1 fully saturated rings. The fraction of sp³-hybridized carbons (Fsp3) is 0.611. The number of allylic oxidation sites excluding steroid dienone is 2. The van der Waals surface area contributed by atoms with E-state index in [-0.39, 0.29) is 17.8 Å². The lowest BCUT2D eigenvalue weighted by atomic mass is 10.00. The Balaban J connectivity index is 2.21. The first-order chi connectivity index (χ1) is 10.5. The Morgan fingerprint density at radius 1 is 1.32 bits per heavy atom. The second-order valence-corrected chi connectivity index (χ2v) is 6.86. The van der Waals surface area contributed by atoms with Crippen LogP contribution >= 0.6 is 0 Å². The molecule has 4 heteroatoms. The number of hydrogen-bond donors (Lipinski definition) is 0. The number of aromatic nitrogens is 2. The number of halogens is 1. The summed E-state index contributed by atoms with van der Waals surface area (Å²) in [5, 5.41) is 1.44. The van der Waals surface area contributed by atoms with Crippen molar-refractivity contribution in [2.24, 2.45) is 5.92 Å². The summed E-state index contributed by atoms with van der Waals surface area (Å²) in [6, 6.07) is 0.261. The first kappa shape index (κ1) is 15.5. The maximum absolute atomic E-state index is 14.7. The highest BCUT2D eigenvalue weighted by Gasteiger charge is 2.25.